The molecule has 0 radical (unpaired) electrons. The van der Waals surface area contributed by atoms with Crippen LogP contribution in [0.5, 0.6) is 0 Å². The molecule has 4 aromatic carbocycles. The number of halogens is 2. The van der Waals surface area contributed by atoms with Crippen molar-refractivity contribution in [1.29, 1.82) is 0 Å². The maximum Gasteiger partial charge on any atom is 0.210 e. The highest BCUT2D eigenvalue weighted by Crippen LogP contribution is 2.62. The minimum atomic E-state index is -4.26. The smallest absolute Gasteiger partial charge is 0.210 e. The van der Waals surface area contributed by atoms with Crippen LogP contribution >= 0.6 is 31.9 Å². The quantitative estimate of drug-likeness (QED) is 0.0807. The van der Waals surface area contributed by atoms with Crippen LogP contribution in [0.4, 0.5) is 11.4 Å². The zero-order chi connectivity index (χ0) is 41.4. The van der Waals surface area contributed by atoms with Gasteiger partial charge in [0.1, 0.15) is 6.54 Å². The molecule has 2 aliphatic heterocycles. The molecule has 0 N–H and O–H groups in total. The Kier molecular flexibility index (Phi) is 10.9. The zero-order valence-electron chi connectivity index (χ0n) is 35.0. The lowest BCUT2D eigenvalue weighted by Gasteiger charge is -2.57. The Morgan fingerprint density at radius 3 is 2.12 bits per heavy atom. The summed E-state index contributed by atoms with van der Waals surface area (Å²) >= 11 is 7.37. The molecule has 5 nitrogen and oxygen atoms in total. The van der Waals surface area contributed by atoms with E-state index in [1.807, 2.05) is 0 Å². The second kappa shape index (κ2) is 15.3. The average molecular weight is 925 g/mol. The lowest BCUT2D eigenvalue weighted by Crippen LogP contribution is -2.48. The summed E-state index contributed by atoms with van der Waals surface area (Å²) in [5.74, 6) is 0.645. The van der Waals surface area contributed by atoms with Crippen molar-refractivity contribution >= 4 is 80.6 Å². The summed E-state index contributed by atoms with van der Waals surface area (Å²) in [5, 5.41) is 5.00. The number of hydrogen-bond acceptors (Lipinski definition) is 4. The van der Waals surface area contributed by atoms with Crippen LogP contribution in [0.2, 0.25) is 0 Å². The van der Waals surface area contributed by atoms with Gasteiger partial charge in [-0.3, -0.25) is 0 Å². The van der Waals surface area contributed by atoms with Crippen molar-refractivity contribution < 1.29 is 17.5 Å². The molecular formula is C50H56Br2N2O3S. The Bertz CT molecular complexity index is 2610. The number of rotatable bonds is 12. The van der Waals surface area contributed by atoms with E-state index < -0.39 is 10.1 Å². The highest BCUT2D eigenvalue weighted by molar-refractivity contribution is 9.10. The van der Waals surface area contributed by atoms with Crippen molar-refractivity contribution in [3.63, 3.8) is 0 Å². The molecule has 2 heterocycles. The highest BCUT2D eigenvalue weighted by atomic mass is 79.9. The van der Waals surface area contributed by atoms with Crippen LogP contribution in [-0.2, 0) is 20.9 Å². The summed E-state index contributed by atoms with van der Waals surface area (Å²) in [4.78, 5) is 2.37. The molecule has 5 aliphatic rings. The Hall–Kier alpha value is -3.30. The summed E-state index contributed by atoms with van der Waals surface area (Å²) in [6, 6.07) is 22.2. The third-order valence-electron chi connectivity index (χ3n) is 13.9. The fourth-order valence-electron chi connectivity index (χ4n) is 10.8. The van der Waals surface area contributed by atoms with Crippen molar-refractivity contribution in [3.05, 3.63) is 128 Å². The average Bonchev–Trinajstić information content (AvgIpc) is 3.51. The number of anilines is 1. The number of allylic oxidation sites excluding steroid dienone is 8. The van der Waals surface area contributed by atoms with E-state index in [9.17, 15) is 13.0 Å². The van der Waals surface area contributed by atoms with E-state index in [-0.39, 0.29) is 22.0 Å². The molecule has 9 rings (SSSR count). The topological polar surface area (TPSA) is 63.5 Å². The van der Waals surface area contributed by atoms with Crippen molar-refractivity contribution in [2.75, 3.05) is 23.7 Å². The van der Waals surface area contributed by atoms with Gasteiger partial charge in [-0.2, -0.15) is 4.58 Å². The van der Waals surface area contributed by atoms with Gasteiger partial charge in [-0.1, -0.05) is 109 Å². The van der Waals surface area contributed by atoms with Gasteiger partial charge in [0, 0.05) is 62.2 Å². The molecule has 2 atom stereocenters. The van der Waals surface area contributed by atoms with Gasteiger partial charge >= 0.3 is 0 Å². The second-order valence-electron chi connectivity index (χ2n) is 18.6. The molecule has 2 bridgehead atoms. The van der Waals surface area contributed by atoms with Crippen LogP contribution in [0.1, 0.15) is 98.1 Å². The summed E-state index contributed by atoms with van der Waals surface area (Å²) in [5.41, 5.74) is 10.2. The minimum absolute atomic E-state index is 0.142. The first-order valence-electron chi connectivity index (χ1n) is 21.1. The maximum atomic E-state index is 11.5. The first-order chi connectivity index (χ1) is 27.4. The van der Waals surface area contributed by atoms with Crippen molar-refractivity contribution in [3.8, 4) is 0 Å². The predicted octanol–water partition coefficient (Wildman–Crippen LogP) is 13.2. The summed E-state index contributed by atoms with van der Waals surface area (Å²) in [6.07, 6.45) is 17.7. The molecule has 8 heteroatoms. The fourth-order valence-corrected chi connectivity index (χ4v) is 12.1. The van der Waals surface area contributed by atoms with E-state index in [0.29, 0.717) is 31.2 Å². The van der Waals surface area contributed by atoms with Crippen LogP contribution < -0.4 is 4.90 Å². The molecule has 58 heavy (non-hydrogen) atoms. The highest BCUT2D eigenvalue weighted by Gasteiger charge is 2.53. The molecule has 2 unspecified atom stereocenters. The number of fused-ring (bicyclic) bond motifs is 7. The molecule has 304 valence electrons. The van der Waals surface area contributed by atoms with E-state index in [4.69, 9.17) is 0 Å². The Balaban J connectivity index is 1.18. The number of unbranched alkanes of at least 4 members (excludes halogenated alkanes) is 3. The van der Waals surface area contributed by atoms with Crippen LogP contribution in [0, 0.1) is 17.3 Å². The number of hydrogen-bond donors (Lipinski definition) is 0. The van der Waals surface area contributed by atoms with E-state index in [1.54, 1.807) is 0 Å². The first kappa shape index (κ1) is 41.4. The molecule has 0 aromatic heterocycles. The van der Waals surface area contributed by atoms with Crippen LogP contribution in [0.3, 0.4) is 0 Å². The van der Waals surface area contributed by atoms with Gasteiger partial charge in [-0.05, 0) is 138 Å². The van der Waals surface area contributed by atoms with E-state index in [1.165, 1.54) is 73.8 Å². The maximum absolute atomic E-state index is 11.5. The Morgan fingerprint density at radius 1 is 0.793 bits per heavy atom. The Morgan fingerprint density at radius 2 is 1.47 bits per heavy atom. The van der Waals surface area contributed by atoms with Crippen molar-refractivity contribution in [1.82, 2.24) is 0 Å². The zero-order valence-corrected chi connectivity index (χ0v) is 39.0. The predicted molar refractivity (Wildman–Crippen MR) is 249 cm³/mol. The van der Waals surface area contributed by atoms with Gasteiger partial charge in [0.2, 0.25) is 5.69 Å². The standard InChI is InChI=1S/C50H56Br2N2O3S/c1-8-9-10-25-53-42-21-13-32-29-36(51)17-19-38(32)46(42)49(4,5)44(53)23-15-34-28-35(41-31-40(34)48(41,2)3)16-24-45-50(6,7)47-39-20-18-37(52)30-33(39)14-22-43(47)54(45)26-11-12-27-58(55,56)57/h13-24,28-30,40-41H,8-12,25-27,31H2,1-7H3. The largest absolute Gasteiger partial charge is 0.748 e. The summed E-state index contributed by atoms with van der Waals surface area (Å²) in [6.45, 7) is 18.2. The molecule has 4 aromatic rings. The van der Waals surface area contributed by atoms with Crippen molar-refractivity contribution in [2.45, 2.75) is 97.8 Å². The minimum Gasteiger partial charge on any atom is -0.748 e. The van der Waals surface area contributed by atoms with Gasteiger partial charge in [-0.15, -0.1) is 0 Å². The molecule has 3 aliphatic carbocycles. The summed E-state index contributed by atoms with van der Waals surface area (Å²) in [7, 11) is -4.26. The lowest BCUT2D eigenvalue weighted by molar-refractivity contribution is -0.438. The fraction of sp³-hybridized carbons (Fsp3) is 0.420. The molecule has 0 saturated heterocycles. The second-order valence-corrected chi connectivity index (χ2v) is 22.0. The molecular weight excluding hydrogens is 868 g/mol. The first-order valence-corrected chi connectivity index (χ1v) is 24.2. The molecule has 0 spiro atoms. The van der Waals surface area contributed by atoms with Gasteiger partial charge in [0.05, 0.1) is 15.5 Å². The van der Waals surface area contributed by atoms with E-state index in [0.717, 1.165) is 34.0 Å². The molecule has 1 fully saturated rings. The van der Waals surface area contributed by atoms with E-state index in [2.05, 4.69) is 181 Å². The van der Waals surface area contributed by atoms with Gasteiger partial charge < -0.3 is 9.45 Å². The third-order valence-corrected chi connectivity index (χ3v) is 15.7. The van der Waals surface area contributed by atoms with Crippen molar-refractivity contribution in [2.24, 2.45) is 17.3 Å². The SMILES string of the molecule is CCCCC[N+]1=C(/C=C/C2=CC(=C/C=C3/N(CCCCS(=O)(=O)[O-])c4ccc5cc(Br)ccc5c4C3(C)C)/C3CC2C3(C)C)C(C)(C)c2c1ccc1cc(Br)ccc21. The molecule has 0 amide bonds. The Labute approximate surface area is 362 Å². The lowest BCUT2D eigenvalue weighted by atomic mass is 9.47. The third kappa shape index (κ3) is 7.22. The van der Waals surface area contributed by atoms with Gasteiger partial charge in [-0.25, -0.2) is 8.42 Å². The van der Waals surface area contributed by atoms with Crippen LogP contribution in [0.25, 0.3) is 21.5 Å². The van der Waals surface area contributed by atoms with Gasteiger partial charge in [0.25, 0.3) is 0 Å². The molecule has 1 saturated carbocycles. The number of benzene rings is 4. The normalized spacial score (nSPS) is 23.0. The monoisotopic (exact) mass is 922 g/mol. The van der Waals surface area contributed by atoms with Gasteiger partial charge in [0.15, 0.2) is 5.71 Å². The van der Waals surface area contributed by atoms with Crippen LogP contribution in [-0.4, -0.2) is 42.1 Å². The number of nitrogens with zero attached hydrogens (tertiary/aromatic N) is 2. The van der Waals surface area contributed by atoms with E-state index >= 15 is 0 Å². The summed E-state index contributed by atoms with van der Waals surface area (Å²) < 4.78 is 39.2. The van der Waals surface area contributed by atoms with Crippen LogP contribution in [0.15, 0.2) is 117 Å².